The summed E-state index contributed by atoms with van der Waals surface area (Å²) in [6.45, 7) is -1.78. The molecule has 6 rings (SSSR count). The number of pyridine rings is 1. The zero-order valence-electron chi connectivity index (χ0n) is 24.6. The maximum Gasteiger partial charge on any atom is 0.424 e. The summed E-state index contributed by atoms with van der Waals surface area (Å²) in [7, 11) is 0. The van der Waals surface area contributed by atoms with E-state index >= 15 is 0 Å². The smallest absolute Gasteiger partial charge is 0.424 e. The molecule has 0 saturated heterocycles. The summed E-state index contributed by atoms with van der Waals surface area (Å²) in [6.07, 6.45) is -3.73. The fraction of sp³-hybridized carbons (Fsp3) is 0.355. The molecule has 2 aromatic carbocycles. The van der Waals surface area contributed by atoms with Crippen LogP contribution in [0.25, 0.3) is 22.2 Å². The van der Waals surface area contributed by atoms with E-state index in [1.807, 2.05) is 0 Å². The number of rotatable bonds is 10. The molecule has 2 atom stereocenters. The standard InChI is InChI=1S/C31H27F6N5O5/c1-28(27(38)44)15-47-25-20(28)12-22(40-24(25)16-2-4-19(33)5-3-16)30(45,31(35,36)37)14-39-26(43)17-10-18-13-42(29(34)6-7-29)41-23(18)21(11-17)46-9-8-32/h2-5,10-13,45H,6-9,14-15H2,1H3,(H2,38,44)(H,39,43)/t28-,30?/m0/s1. The number of nitrogens with one attached hydrogen (secondary N) is 1. The van der Waals surface area contributed by atoms with Gasteiger partial charge in [-0.05, 0) is 49.4 Å². The lowest BCUT2D eigenvalue weighted by molar-refractivity contribution is -0.265. The predicted molar refractivity (Wildman–Crippen MR) is 153 cm³/mol. The Hall–Kier alpha value is -4.86. The monoisotopic (exact) mass is 663 g/mol. The molecule has 2 aliphatic rings. The number of nitrogens with zero attached hydrogens (tertiary/aromatic N) is 3. The van der Waals surface area contributed by atoms with Crippen LogP contribution in [-0.2, 0) is 21.6 Å². The number of carbonyl (C=O) groups excluding carboxylic acids is 2. The Kier molecular flexibility index (Phi) is 7.61. The van der Waals surface area contributed by atoms with Gasteiger partial charge in [0.2, 0.25) is 17.3 Å². The van der Waals surface area contributed by atoms with Crippen LogP contribution < -0.4 is 20.5 Å². The normalized spacial score (nSPS) is 19.5. The van der Waals surface area contributed by atoms with E-state index in [4.69, 9.17) is 15.2 Å². The number of benzene rings is 2. The number of alkyl halides is 5. The molecule has 47 heavy (non-hydrogen) atoms. The third kappa shape index (κ3) is 5.49. The Labute approximate surface area is 262 Å². The summed E-state index contributed by atoms with van der Waals surface area (Å²) < 4.78 is 97.6. The molecule has 2 amide bonds. The quantitative estimate of drug-likeness (QED) is 0.215. The first-order valence-electron chi connectivity index (χ1n) is 14.3. The number of amides is 2. The van der Waals surface area contributed by atoms with Crippen molar-refractivity contribution in [3.05, 3.63) is 71.3 Å². The van der Waals surface area contributed by atoms with Crippen molar-refractivity contribution in [2.45, 2.75) is 42.8 Å². The highest BCUT2D eigenvalue weighted by Gasteiger charge is 2.58. The summed E-state index contributed by atoms with van der Waals surface area (Å²) in [4.78, 5) is 29.8. The van der Waals surface area contributed by atoms with Gasteiger partial charge in [-0.25, -0.2) is 22.8 Å². The Morgan fingerprint density at radius 2 is 1.87 bits per heavy atom. The molecular weight excluding hydrogens is 636 g/mol. The van der Waals surface area contributed by atoms with Crippen LogP contribution in [-0.4, -0.2) is 64.3 Å². The minimum Gasteiger partial charge on any atom is -0.489 e. The molecule has 0 radical (unpaired) electrons. The summed E-state index contributed by atoms with van der Waals surface area (Å²) in [5.74, 6) is -4.57. The SMILES string of the molecule is C[C@]1(C(N)=O)COc2c1cc(C(O)(CNC(=O)c1cc(OCCF)c3nn(C4(F)CC4)cc3c1)C(F)(F)F)nc2-c1ccc(F)cc1. The van der Waals surface area contributed by atoms with Gasteiger partial charge in [0.1, 0.15) is 53.8 Å². The zero-order valence-corrected chi connectivity index (χ0v) is 24.6. The van der Waals surface area contributed by atoms with Gasteiger partial charge in [0.05, 0.1) is 12.2 Å². The Morgan fingerprint density at radius 3 is 2.49 bits per heavy atom. The van der Waals surface area contributed by atoms with Gasteiger partial charge in [-0.2, -0.15) is 18.3 Å². The number of hydrogen-bond acceptors (Lipinski definition) is 7. The fourth-order valence-electron chi connectivity index (χ4n) is 5.28. The van der Waals surface area contributed by atoms with Crippen molar-refractivity contribution in [3.63, 3.8) is 0 Å². The summed E-state index contributed by atoms with van der Waals surface area (Å²) in [5, 5.41) is 17.7. The minimum absolute atomic E-state index is 0.0777. The van der Waals surface area contributed by atoms with Crippen LogP contribution in [0.2, 0.25) is 0 Å². The maximum atomic E-state index is 14.7. The van der Waals surface area contributed by atoms with Gasteiger partial charge in [-0.15, -0.1) is 0 Å². The van der Waals surface area contributed by atoms with Crippen molar-refractivity contribution in [1.82, 2.24) is 20.1 Å². The molecule has 16 heteroatoms. The van der Waals surface area contributed by atoms with Crippen LogP contribution in [0, 0.1) is 5.82 Å². The Morgan fingerprint density at radius 1 is 1.17 bits per heavy atom. The number of halogens is 6. The first-order chi connectivity index (χ1) is 22.1. The first-order valence-corrected chi connectivity index (χ1v) is 14.3. The third-order valence-electron chi connectivity index (χ3n) is 8.38. The lowest BCUT2D eigenvalue weighted by Gasteiger charge is -2.31. The second-order valence-electron chi connectivity index (χ2n) is 11.7. The van der Waals surface area contributed by atoms with Crippen LogP contribution in [0.1, 0.15) is 41.4 Å². The lowest BCUT2D eigenvalue weighted by Crippen LogP contribution is -2.51. The van der Waals surface area contributed by atoms with E-state index in [9.17, 15) is 41.0 Å². The molecule has 1 fully saturated rings. The Balaban J connectivity index is 1.39. The molecule has 0 bridgehead atoms. The number of nitrogens with two attached hydrogens (primary N) is 1. The number of carbonyl (C=O) groups is 2. The molecule has 248 valence electrons. The van der Waals surface area contributed by atoms with E-state index in [1.54, 1.807) is 0 Å². The highest BCUT2D eigenvalue weighted by atomic mass is 19.4. The van der Waals surface area contributed by atoms with Crippen LogP contribution in [0.5, 0.6) is 11.5 Å². The number of aromatic nitrogens is 3. The average Bonchev–Trinajstić information content (AvgIpc) is 3.46. The highest BCUT2D eigenvalue weighted by molar-refractivity contribution is 6.00. The Bertz CT molecular complexity index is 1890. The second-order valence-corrected chi connectivity index (χ2v) is 11.7. The first kappa shape index (κ1) is 32.1. The van der Waals surface area contributed by atoms with Gasteiger partial charge in [0.25, 0.3) is 5.91 Å². The molecule has 4 aromatic rings. The molecule has 2 aromatic heterocycles. The zero-order chi connectivity index (χ0) is 33.9. The van der Waals surface area contributed by atoms with E-state index in [-0.39, 0.29) is 64.2 Å². The van der Waals surface area contributed by atoms with Crippen LogP contribution in [0.15, 0.2) is 48.7 Å². The summed E-state index contributed by atoms with van der Waals surface area (Å²) in [6, 6.07) is 7.74. The van der Waals surface area contributed by atoms with Gasteiger partial charge in [-0.1, -0.05) is 0 Å². The molecule has 10 nitrogen and oxygen atoms in total. The molecule has 1 aliphatic carbocycles. The minimum atomic E-state index is -5.44. The number of ether oxygens (including phenoxy) is 2. The highest BCUT2D eigenvalue weighted by Crippen LogP contribution is 2.48. The maximum absolute atomic E-state index is 14.7. The van der Waals surface area contributed by atoms with E-state index in [1.165, 1.54) is 31.3 Å². The van der Waals surface area contributed by atoms with E-state index in [2.05, 4.69) is 15.4 Å². The average molecular weight is 664 g/mol. The fourth-order valence-corrected chi connectivity index (χ4v) is 5.28. The number of aliphatic hydroxyl groups is 1. The largest absolute Gasteiger partial charge is 0.489 e. The van der Waals surface area contributed by atoms with Crippen LogP contribution >= 0.6 is 0 Å². The van der Waals surface area contributed by atoms with E-state index < -0.39 is 66.1 Å². The number of hydrogen-bond donors (Lipinski definition) is 3. The molecule has 0 spiro atoms. The molecule has 1 saturated carbocycles. The molecule has 4 N–H and O–H groups in total. The van der Waals surface area contributed by atoms with Crippen molar-refractivity contribution >= 4 is 22.7 Å². The van der Waals surface area contributed by atoms with E-state index in [0.29, 0.717) is 0 Å². The topological polar surface area (TPSA) is 142 Å². The van der Waals surface area contributed by atoms with E-state index in [0.717, 1.165) is 28.9 Å². The van der Waals surface area contributed by atoms with Crippen molar-refractivity contribution in [2.75, 3.05) is 26.4 Å². The van der Waals surface area contributed by atoms with Gasteiger partial charge in [0.15, 0.2) is 0 Å². The second kappa shape index (κ2) is 11.1. The van der Waals surface area contributed by atoms with Gasteiger partial charge >= 0.3 is 6.18 Å². The third-order valence-corrected chi connectivity index (χ3v) is 8.38. The molecule has 1 unspecified atom stereocenters. The molecular formula is C31H27F6N5O5. The van der Waals surface area contributed by atoms with Gasteiger partial charge < -0.3 is 25.6 Å². The van der Waals surface area contributed by atoms with Crippen molar-refractivity contribution in [1.29, 1.82) is 0 Å². The van der Waals surface area contributed by atoms with Crippen LogP contribution in [0.4, 0.5) is 26.3 Å². The number of fused-ring (bicyclic) bond motifs is 2. The number of primary amides is 1. The van der Waals surface area contributed by atoms with Crippen molar-refractivity contribution in [2.24, 2.45) is 5.73 Å². The van der Waals surface area contributed by atoms with Crippen LogP contribution in [0.3, 0.4) is 0 Å². The van der Waals surface area contributed by atoms with Gasteiger partial charge in [-0.3, -0.25) is 9.59 Å². The van der Waals surface area contributed by atoms with Gasteiger partial charge in [0, 0.05) is 41.1 Å². The van der Waals surface area contributed by atoms with Crippen molar-refractivity contribution < 1.29 is 50.5 Å². The summed E-state index contributed by atoms with van der Waals surface area (Å²) in [5.41, 5.74) is -1.21. The molecule has 3 heterocycles. The predicted octanol–water partition coefficient (Wildman–Crippen LogP) is 4.32. The van der Waals surface area contributed by atoms with Crippen molar-refractivity contribution in [3.8, 4) is 22.8 Å². The summed E-state index contributed by atoms with van der Waals surface area (Å²) >= 11 is 0. The lowest BCUT2D eigenvalue weighted by atomic mass is 9.81. The molecule has 1 aliphatic heterocycles.